The summed E-state index contributed by atoms with van der Waals surface area (Å²) in [5.41, 5.74) is 3.46. The first-order valence-corrected chi connectivity index (χ1v) is 12.6. The number of fused-ring (bicyclic) bond motifs is 1. The number of ether oxygens (including phenoxy) is 2. The lowest BCUT2D eigenvalue weighted by atomic mass is 9.78. The predicted octanol–water partition coefficient (Wildman–Crippen LogP) is 5.49. The van der Waals surface area contributed by atoms with Crippen molar-refractivity contribution in [3.05, 3.63) is 65.4 Å². The van der Waals surface area contributed by atoms with Crippen LogP contribution in [0.2, 0.25) is 0 Å². The summed E-state index contributed by atoms with van der Waals surface area (Å²) < 4.78 is 13.4. The summed E-state index contributed by atoms with van der Waals surface area (Å²) in [7, 11) is 0. The van der Waals surface area contributed by atoms with Crippen molar-refractivity contribution in [2.24, 2.45) is 11.8 Å². The van der Waals surface area contributed by atoms with Gasteiger partial charge in [0.05, 0.1) is 12.2 Å². The number of hydrogen-bond donors (Lipinski definition) is 1. The number of carbonyl (C=O) groups excluding carboxylic acids is 2. The minimum absolute atomic E-state index is 0.0540. The van der Waals surface area contributed by atoms with Crippen LogP contribution in [0.5, 0.6) is 5.75 Å². The van der Waals surface area contributed by atoms with Gasteiger partial charge in [0, 0.05) is 29.2 Å². The van der Waals surface area contributed by atoms with Gasteiger partial charge in [0.25, 0.3) is 5.91 Å². The smallest absolute Gasteiger partial charge is 0.340 e. The molecule has 0 saturated heterocycles. The molecule has 1 saturated carbocycles. The topological polar surface area (TPSA) is 69.6 Å². The fourth-order valence-corrected chi connectivity index (χ4v) is 5.16. The van der Waals surface area contributed by atoms with Crippen LogP contribution in [0, 0.1) is 18.8 Å². The van der Waals surface area contributed by atoms with Gasteiger partial charge in [-0.05, 0) is 55.9 Å². The minimum atomic E-state index is -0.350. The van der Waals surface area contributed by atoms with Gasteiger partial charge in [0.2, 0.25) is 0 Å². The first-order valence-electron chi connectivity index (χ1n) is 12.6. The second-order valence-corrected chi connectivity index (χ2v) is 9.66. The Morgan fingerprint density at radius 2 is 1.86 bits per heavy atom. The molecule has 0 radical (unpaired) electrons. The minimum Gasteiger partial charge on any atom is -0.484 e. The third-order valence-corrected chi connectivity index (χ3v) is 7.38. The molecule has 3 atom stereocenters. The number of hydrogen-bond acceptors (Lipinski definition) is 4. The van der Waals surface area contributed by atoms with E-state index in [1.807, 2.05) is 43.3 Å². The lowest BCUT2D eigenvalue weighted by Crippen LogP contribution is -2.45. The highest BCUT2D eigenvalue weighted by Gasteiger charge is 2.28. The zero-order valence-electron chi connectivity index (χ0n) is 21.2. The highest BCUT2D eigenvalue weighted by atomic mass is 16.5. The summed E-state index contributed by atoms with van der Waals surface area (Å²) in [6, 6.07) is 16.0. The van der Waals surface area contributed by atoms with Gasteiger partial charge in [-0.25, -0.2) is 4.79 Å². The Balaban J connectivity index is 1.55. The Bertz CT molecular complexity index is 1180. The monoisotopic (exact) mass is 476 g/mol. The quantitative estimate of drug-likeness (QED) is 0.436. The molecule has 0 unspecified atom stereocenters. The molecule has 1 fully saturated rings. The summed E-state index contributed by atoms with van der Waals surface area (Å²) in [6.45, 7) is 9.10. The Morgan fingerprint density at radius 1 is 1.09 bits per heavy atom. The molecule has 1 aliphatic rings. The molecule has 35 heavy (non-hydrogen) atoms. The predicted molar refractivity (Wildman–Crippen MR) is 138 cm³/mol. The average molecular weight is 477 g/mol. The first kappa shape index (κ1) is 24.8. The SMILES string of the molecule is CCOC(=O)c1c(C)n(Cc2ccccc2)c2ccc(OCC(=O)N[C@@H]3CCC[C@H](C)[C@H]3C)cc12. The normalized spacial score (nSPS) is 19.9. The van der Waals surface area contributed by atoms with Gasteiger partial charge < -0.3 is 19.4 Å². The highest BCUT2D eigenvalue weighted by molar-refractivity contribution is 6.06. The highest BCUT2D eigenvalue weighted by Crippen LogP contribution is 2.31. The van der Waals surface area contributed by atoms with E-state index in [0.29, 0.717) is 36.3 Å². The molecule has 0 aliphatic heterocycles. The molecular formula is C29H36N2O4. The van der Waals surface area contributed by atoms with Crippen LogP contribution in [-0.2, 0) is 16.1 Å². The van der Waals surface area contributed by atoms with Gasteiger partial charge >= 0.3 is 5.97 Å². The van der Waals surface area contributed by atoms with Crippen LogP contribution in [0.1, 0.15) is 61.6 Å². The molecule has 6 heteroatoms. The average Bonchev–Trinajstić information content (AvgIpc) is 3.12. The van der Waals surface area contributed by atoms with Crippen LogP contribution in [0.25, 0.3) is 10.9 Å². The largest absolute Gasteiger partial charge is 0.484 e. The van der Waals surface area contributed by atoms with Crippen molar-refractivity contribution in [3.8, 4) is 5.75 Å². The number of esters is 1. The zero-order valence-corrected chi connectivity index (χ0v) is 21.2. The van der Waals surface area contributed by atoms with Crippen LogP contribution >= 0.6 is 0 Å². The molecular weight excluding hydrogens is 440 g/mol. The summed E-state index contributed by atoms with van der Waals surface area (Å²) in [5.74, 6) is 1.17. The van der Waals surface area contributed by atoms with Crippen LogP contribution in [0.15, 0.2) is 48.5 Å². The fourth-order valence-electron chi connectivity index (χ4n) is 5.16. The second kappa shape index (κ2) is 11.0. The third kappa shape index (κ3) is 5.53. The van der Waals surface area contributed by atoms with Crippen LogP contribution in [0.3, 0.4) is 0 Å². The van der Waals surface area contributed by atoms with Crippen molar-refractivity contribution in [1.29, 1.82) is 0 Å². The number of aromatic nitrogens is 1. The Labute approximate surface area is 207 Å². The zero-order chi connectivity index (χ0) is 24.9. The molecule has 1 heterocycles. The maximum absolute atomic E-state index is 12.9. The van der Waals surface area contributed by atoms with E-state index in [4.69, 9.17) is 9.47 Å². The van der Waals surface area contributed by atoms with Gasteiger partial charge in [-0.3, -0.25) is 4.79 Å². The number of amides is 1. The van der Waals surface area contributed by atoms with Crippen LogP contribution in [-0.4, -0.2) is 35.7 Å². The van der Waals surface area contributed by atoms with E-state index >= 15 is 0 Å². The molecule has 6 nitrogen and oxygen atoms in total. The Morgan fingerprint density at radius 3 is 2.60 bits per heavy atom. The summed E-state index contributed by atoms with van der Waals surface area (Å²) >= 11 is 0. The van der Waals surface area contributed by atoms with Gasteiger partial charge in [-0.15, -0.1) is 0 Å². The molecule has 4 rings (SSSR count). The van der Waals surface area contributed by atoms with Crippen molar-refractivity contribution in [2.45, 2.75) is 59.5 Å². The van der Waals surface area contributed by atoms with Crippen molar-refractivity contribution >= 4 is 22.8 Å². The molecule has 1 aromatic heterocycles. The fraction of sp³-hybridized carbons (Fsp3) is 0.448. The van der Waals surface area contributed by atoms with Crippen molar-refractivity contribution in [3.63, 3.8) is 0 Å². The third-order valence-electron chi connectivity index (χ3n) is 7.38. The first-order chi connectivity index (χ1) is 16.9. The van der Waals surface area contributed by atoms with Crippen molar-refractivity contribution < 1.29 is 19.1 Å². The van der Waals surface area contributed by atoms with Gasteiger partial charge in [-0.2, -0.15) is 0 Å². The number of rotatable bonds is 8. The molecule has 1 N–H and O–H groups in total. The van der Waals surface area contributed by atoms with Gasteiger partial charge in [0.15, 0.2) is 6.61 Å². The van der Waals surface area contributed by atoms with E-state index in [1.54, 1.807) is 6.92 Å². The summed E-state index contributed by atoms with van der Waals surface area (Å²) in [6.07, 6.45) is 3.38. The summed E-state index contributed by atoms with van der Waals surface area (Å²) in [4.78, 5) is 25.5. The van der Waals surface area contributed by atoms with E-state index < -0.39 is 0 Å². The van der Waals surface area contributed by atoms with E-state index in [1.165, 1.54) is 6.42 Å². The standard InChI is InChI=1S/C29H36N2O4/c1-5-34-29(33)28-21(4)31(17-22-11-7-6-8-12-22)26-15-14-23(16-24(26)28)35-18-27(32)30-25-13-9-10-19(2)20(25)3/h6-8,11-12,14-16,19-20,25H,5,9-10,13,17-18H2,1-4H3,(H,30,32)/t19-,20+,25+/m0/s1. The lowest BCUT2D eigenvalue weighted by molar-refractivity contribution is -0.124. The van der Waals surface area contributed by atoms with E-state index in [9.17, 15) is 9.59 Å². The maximum atomic E-state index is 12.9. The number of nitrogens with one attached hydrogen (secondary N) is 1. The van der Waals surface area contributed by atoms with Crippen LogP contribution < -0.4 is 10.1 Å². The summed E-state index contributed by atoms with van der Waals surface area (Å²) in [5, 5.41) is 3.92. The Kier molecular flexibility index (Phi) is 7.79. The molecule has 3 aromatic rings. The molecule has 0 bridgehead atoms. The molecule has 1 amide bonds. The van der Waals surface area contributed by atoms with E-state index in [2.05, 4.69) is 35.9 Å². The van der Waals surface area contributed by atoms with Gasteiger partial charge in [0.1, 0.15) is 5.75 Å². The lowest BCUT2D eigenvalue weighted by Gasteiger charge is -2.34. The number of carbonyl (C=O) groups is 2. The number of benzene rings is 2. The van der Waals surface area contributed by atoms with Crippen LogP contribution in [0.4, 0.5) is 0 Å². The second-order valence-electron chi connectivity index (χ2n) is 9.66. The van der Waals surface area contributed by atoms with Gasteiger partial charge in [-0.1, -0.05) is 57.0 Å². The number of nitrogens with zero attached hydrogens (tertiary/aromatic N) is 1. The van der Waals surface area contributed by atoms with Crippen molar-refractivity contribution in [1.82, 2.24) is 9.88 Å². The van der Waals surface area contributed by atoms with E-state index in [-0.39, 0.29) is 24.5 Å². The van der Waals surface area contributed by atoms with E-state index in [0.717, 1.165) is 35.0 Å². The molecule has 0 spiro atoms. The molecule has 186 valence electrons. The molecule has 1 aliphatic carbocycles. The Hall–Kier alpha value is -3.28. The maximum Gasteiger partial charge on any atom is 0.340 e. The van der Waals surface area contributed by atoms with Crippen molar-refractivity contribution in [2.75, 3.05) is 13.2 Å². The molecule has 2 aromatic carbocycles.